The highest BCUT2D eigenvalue weighted by atomic mass is 16.2. The number of benzene rings is 1. The number of aromatic amines is 1. The molecule has 2 fully saturated rings. The van der Waals surface area contributed by atoms with Gasteiger partial charge in [-0.3, -0.25) is 14.3 Å². The fourth-order valence-corrected chi connectivity index (χ4v) is 4.50. The van der Waals surface area contributed by atoms with Gasteiger partial charge in [-0.1, -0.05) is 12.1 Å². The largest absolute Gasteiger partial charge is 0.382 e. The Morgan fingerprint density at radius 2 is 1.90 bits per heavy atom. The van der Waals surface area contributed by atoms with Gasteiger partial charge < -0.3 is 16.0 Å². The molecule has 2 saturated heterocycles. The molecule has 0 bridgehead atoms. The number of fused-ring (bicyclic) bond motifs is 1. The van der Waals surface area contributed by atoms with E-state index in [4.69, 9.17) is 10.8 Å². The summed E-state index contributed by atoms with van der Waals surface area (Å²) in [4.78, 5) is 27.2. The lowest BCUT2D eigenvalue weighted by Crippen LogP contribution is -2.33. The summed E-state index contributed by atoms with van der Waals surface area (Å²) in [5, 5.41) is 15.2. The summed E-state index contributed by atoms with van der Waals surface area (Å²) in [6.07, 6.45) is 4.08. The van der Waals surface area contributed by atoms with Crippen LogP contribution in [0.15, 0.2) is 29.1 Å². The molecule has 1 atom stereocenters. The van der Waals surface area contributed by atoms with E-state index in [1.165, 1.54) is 0 Å². The zero-order valence-corrected chi connectivity index (χ0v) is 16.7. The minimum atomic E-state index is -0.302. The molecule has 9 nitrogen and oxygen atoms in total. The normalized spacial score (nSPS) is 19.5. The predicted octanol–water partition coefficient (Wildman–Crippen LogP) is 1.53. The smallest absolute Gasteiger partial charge is 0.290 e. The summed E-state index contributed by atoms with van der Waals surface area (Å²) < 4.78 is 1.79. The van der Waals surface area contributed by atoms with Crippen LogP contribution in [0.1, 0.15) is 42.1 Å². The first-order valence-electron chi connectivity index (χ1n) is 10.5. The average Bonchev–Trinajstić information content (AvgIpc) is 3.46. The maximum Gasteiger partial charge on any atom is 0.290 e. The van der Waals surface area contributed by atoms with Crippen LogP contribution in [0.4, 0.5) is 5.82 Å². The topological polar surface area (TPSA) is 122 Å². The van der Waals surface area contributed by atoms with Crippen LogP contribution < -0.4 is 16.6 Å². The van der Waals surface area contributed by atoms with E-state index in [1.54, 1.807) is 4.68 Å². The van der Waals surface area contributed by atoms with Gasteiger partial charge >= 0.3 is 0 Å². The van der Waals surface area contributed by atoms with Gasteiger partial charge in [-0.05, 0) is 44.4 Å². The standard InChI is InChI=1S/C21H25N7O2/c22-19-16-17(13-5-7-14(8-6-13)21(30)27-10-1-2-11-27)26-28(15-4-3-9-23-12-15)18(16)20(29)25-24-19/h5-8,15,23H,1-4,9-12H2,(H2,22,24)(H,25,29)/t15-/m1/s1. The van der Waals surface area contributed by atoms with E-state index < -0.39 is 0 Å². The number of amides is 1. The van der Waals surface area contributed by atoms with Crippen molar-refractivity contribution < 1.29 is 4.79 Å². The van der Waals surface area contributed by atoms with Gasteiger partial charge in [0.2, 0.25) is 0 Å². The third kappa shape index (κ3) is 3.15. The van der Waals surface area contributed by atoms with E-state index in [9.17, 15) is 9.59 Å². The number of likely N-dealkylation sites (tertiary alicyclic amines) is 1. The lowest BCUT2D eigenvalue weighted by atomic mass is 10.1. The summed E-state index contributed by atoms with van der Waals surface area (Å²) >= 11 is 0. The Balaban J connectivity index is 1.58. The van der Waals surface area contributed by atoms with Crippen molar-refractivity contribution in [2.75, 3.05) is 31.9 Å². The van der Waals surface area contributed by atoms with Crippen molar-refractivity contribution in [2.24, 2.45) is 0 Å². The first-order chi connectivity index (χ1) is 14.6. The highest BCUT2D eigenvalue weighted by Gasteiger charge is 2.25. The number of carbonyl (C=O) groups is 1. The molecular formula is C21H25N7O2. The molecule has 0 spiro atoms. The molecule has 2 aliphatic heterocycles. The number of nitrogen functional groups attached to an aromatic ring is 1. The molecule has 9 heteroatoms. The Kier molecular flexibility index (Phi) is 4.74. The molecule has 1 aromatic carbocycles. The monoisotopic (exact) mass is 407 g/mol. The van der Waals surface area contributed by atoms with Crippen LogP contribution in [0.5, 0.6) is 0 Å². The molecule has 156 valence electrons. The van der Waals surface area contributed by atoms with Crippen LogP contribution in [0.25, 0.3) is 22.2 Å². The second-order valence-corrected chi connectivity index (χ2v) is 8.03. The van der Waals surface area contributed by atoms with Gasteiger partial charge in [0.25, 0.3) is 11.5 Å². The molecule has 3 aromatic rings. The number of aromatic nitrogens is 4. The molecule has 2 aliphatic rings. The minimum absolute atomic E-state index is 0.0559. The highest BCUT2D eigenvalue weighted by Crippen LogP contribution is 2.32. The first-order valence-corrected chi connectivity index (χ1v) is 10.5. The molecule has 30 heavy (non-hydrogen) atoms. The summed E-state index contributed by atoms with van der Waals surface area (Å²) in [5.41, 5.74) is 8.38. The Labute approximate surface area is 173 Å². The van der Waals surface area contributed by atoms with Crippen molar-refractivity contribution in [1.29, 1.82) is 0 Å². The van der Waals surface area contributed by atoms with Crippen molar-refractivity contribution in [3.8, 4) is 11.3 Å². The number of rotatable bonds is 3. The Bertz CT molecular complexity index is 1140. The number of hydrogen-bond donors (Lipinski definition) is 3. The average molecular weight is 407 g/mol. The number of hydrogen-bond acceptors (Lipinski definition) is 6. The van der Waals surface area contributed by atoms with Crippen LogP contribution in [-0.4, -0.2) is 57.0 Å². The van der Waals surface area contributed by atoms with Crippen LogP contribution in [0.2, 0.25) is 0 Å². The molecular weight excluding hydrogens is 382 g/mol. The number of H-pyrrole nitrogens is 1. The quantitative estimate of drug-likeness (QED) is 0.605. The first kappa shape index (κ1) is 18.8. The Morgan fingerprint density at radius 1 is 1.13 bits per heavy atom. The van der Waals surface area contributed by atoms with Gasteiger partial charge in [-0.2, -0.15) is 10.2 Å². The number of nitrogens with one attached hydrogen (secondary N) is 2. The maximum atomic E-state index is 12.6. The van der Waals surface area contributed by atoms with Crippen LogP contribution in [0, 0.1) is 0 Å². The molecule has 0 radical (unpaired) electrons. The Morgan fingerprint density at radius 3 is 2.60 bits per heavy atom. The van der Waals surface area contributed by atoms with E-state index in [2.05, 4.69) is 15.5 Å². The SMILES string of the molecule is Nc1n[nH]c(=O)c2c1c(-c1ccc(C(=O)N3CCCC3)cc1)nn2[C@@H]1CCCNC1. The van der Waals surface area contributed by atoms with Gasteiger partial charge in [0.15, 0.2) is 5.82 Å². The molecule has 4 N–H and O–H groups in total. The summed E-state index contributed by atoms with van der Waals surface area (Å²) in [7, 11) is 0. The van der Waals surface area contributed by atoms with Gasteiger partial charge in [0.05, 0.1) is 11.4 Å². The van der Waals surface area contributed by atoms with Gasteiger partial charge in [-0.15, -0.1) is 0 Å². The third-order valence-electron chi connectivity index (χ3n) is 6.07. The van der Waals surface area contributed by atoms with Crippen molar-refractivity contribution in [1.82, 2.24) is 30.2 Å². The fourth-order valence-electron chi connectivity index (χ4n) is 4.50. The summed E-state index contributed by atoms with van der Waals surface area (Å²) in [6.45, 7) is 3.35. The van der Waals surface area contributed by atoms with E-state index in [-0.39, 0.29) is 23.3 Å². The van der Waals surface area contributed by atoms with Crippen LogP contribution in [-0.2, 0) is 0 Å². The van der Waals surface area contributed by atoms with Crippen molar-refractivity contribution in [3.63, 3.8) is 0 Å². The highest BCUT2D eigenvalue weighted by molar-refractivity contribution is 6.00. The van der Waals surface area contributed by atoms with Gasteiger partial charge in [0, 0.05) is 30.8 Å². The second kappa shape index (κ2) is 7.56. The maximum absolute atomic E-state index is 12.6. The van der Waals surface area contributed by atoms with E-state index in [0.29, 0.717) is 22.2 Å². The van der Waals surface area contributed by atoms with Gasteiger partial charge in [0.1, 0.15) is 11.2 Å². The predicted molar refractivity (Wildman–Crippen MR) is 114 cm³/mol. The number of carbonyl (C=O) groups excluding carboxylic acids is 1. The third-order valence-corrected chi connectivity index (χ3v) is 6.07. The summed E-state index contributed by atoms with van der Waals surface area (Å²) in [6, 6.07) is 7.46. The zero-order chi connectivity index (χ0) is 20.7. The molecule has 2 aromatic heterocycles. The molecule has 0 unspecified atom stereocenters. The zero-order valence-electron chi connectivity index (χ0n) is 16.7. The second-order valence-electron chi connectivity index (χ2n) is 8.03. The molecule has 5 rings (SSSR count). The summed E-state index contributed by atoms with van der Waals surface area (Å²) in [5.74, 6) is 0.298. The molecule has 4 heterocycles. The molecule has 1 amide bonds. The number of piperidine rings is 1. The fraction of sp³-hybridized carbons (Fsp3) is 0.429. The number of nitrogens with zero attached hydrogens (tertiary/aromatic N) is 4. The molecule has 0 saturated carbocycles. The lowest BCUT2D eigenvalue weighted by molar-refractivity contribution is 0.0793. The van der Waals surface area contributed by atoms with Gasteiger partial charge in [-0.25, -0.2) is 5.10 Å². The molecule has 0 aliphatic carbocycles. The van der Waals surface area contributed by atoms with Crippen LogP contribution in [0.3, 0.4) is 0 Å². The number of anilines is 1. The Hall–Kier alpha value is -3.20. The van der Waals surface area contributed by atoms with Crippen molar-refractivity contribution in [3.05, 3.63) is 40.2 Å². The van der Waals surface area contributed by atoms with E-state index in [1.807, 2.05) is 29.2 Å². The van der Waals surface area contributed by atoms with Crippen molar-refractivity contribution in [2.45, 2.75) is 31.7 Å². The van der Waals surface area contributed by atoms with Crippen molar-refractivity contribution >= 4 is 22.6 Å². The van der Waals surface area contributed by atoms with E-state index in [0.717, 1.165) is 57.4 Å². The minimum Gasteiger partial charge on any atom is -0.382 e. The lowest BCUT2D eigenvalue weighted by Gasteiger charge is -2.23. The number of nitrogens with two attached hydrogens (primary N) is 1. The van der Waals surface area contributed by atoms with Crippen LogP contribution >= 0.6 is 0 Å². The van der Waals surface area contributed by atoms with E-state index >= 15 is 0 Å².